The third-order valence-corrected chi connectivity index (χ3v) is 4.57. The maximum atomic E-state index is 4.39. The van der Waals surface area contributed by atoms with E-state index in [4.69, 9.17) is 0 Å². The molecule has 0 spiro atoms. The van der Waals surface area contributed by atoms with E-state index in [-0.39, 0.29) is 0 Å². The van der Waals surface area contributed by atoms with Crippen molar-refractivity contribution in [1.29, 1.82) is 0 Å². The first-order valence-electron chi connectivity index (χ1n) is 7.51. The lowest BCUT2D eigenvalue weighted by Gasteiger charge is -2.19. The zero-order chi connectivity index (χ0) is 14.2. The Morgan fingerprint density at radius 2 is 2.10 bits per heavy atom. The van der Waals surface area contributed by atoms with Gasteiger partial charge >= 0.3 is 0 Å². The molecule has 1 N–H and O–H groups in total. The maximum Gasteiger partial charge on any atom is 0.0702 e. The van der Waals surface area contributed by atoms with Crippen LogP contribution in [-0.2, 0) is 0 Å². The first kappa shape index (κ1) is 15.3. The van der Waals surface area contributed by atoms with E-state index in [1.807, 2.05) is 24.0 Å². The standard InChI is InChI=1S/C17H24N2S/c1-3-9-18-17(13-20-11-4-2)15-7-8-16-14(12-15)6-5-10-19-16/h5-8,10,12,17-18H,3-4,9,11,13H2,1-2H3. The van der Waals surface area contributed by atoms with Crippen molar-refractivity contribution in [3.63, 3.8) is 0 Å². The zero-order valence-corrected chi connectivity index (χ0v) is 13.2. The first-order chi connectivity index (χ1) is 9.85. The van der Waals surface area contributed by atoms with E-state index in [1.165, 1.54) is 29.5 Å². The molecule has 0 aliphatic carbocycles. The van der Waals surface area contributed by atoms with Gasteiger partial charge in [-0.2, -0.15) is 11.8 Å². The second kappa shape index (κ2) is 8.28. The summed E-state index contributed by atoms with van der Waals surface area (Å²) in [6, 6.07) is 11.2. The lowest BCUT2D eigenvalue weighted by molar-refractivity contribution is 0.578. The first-order valence-corrected chi connectivity index (χ1v) is 8.66. The highest BCUT2D eigenvalue weighted by Gasteiger charge is 2.11. The summed E-state index contributed by atoms with van der Waals surface area (Å²) in [5, 5.41) is 4.90. The molecule has 0 radical (unpaired) electrons. The largest absolute Gasteiger partial charge is 0.309 e. The Kier molecular flexibility index (Phi) is 6.34. The number of benzene rings is 1. The summed E-state index contributed by atoms with van der Waals surface area (Å²) in [5.74, 6) is 2.37. The van der Waals surface area contributed by atoms with Gasteiger partial charge in [-0.3, -0.25) is 4.98 Å². The van der Waals surface area contributed by atoms with Gasteiger partial charge in [-0.25, -0.2) is 0 Å². The van der Waals surface area contributed by atoms with Gasteiger partial charge in [-0.05, 0) is 48.9 Å². The topological polar surface area (TPSA) is 24.9 Å². The van der Waals surface area contributed by atoms with Crippen molar-refractivity contribution in [2.24, 2.45) is 0 Å². The highest BCUT2D eigenvalue weighted by atomic mass is 32.2. The van der Waals surface area contributed by atoms with Gasteiger partial charge < -0.3 is 5.32 Å². The Morgan fingerprint density at radius 3 is 2.90 bits per heavy atom. The number of nitrogens with one attached hydrogen (secondary N) is 1. The third-order valence-electron chi connectivity index (χ3n) is 3.30. The van der Waals surface area contributed by atoms with Crippen LogP contribution in [0.5, 0.6) is 0 Å². The van der Waals surface area contributed by atoms with E-state index < -0.39 is 0 Å². The summed E-state index contributed by atoms with van der Waals surface area (Å²) in [4.78, 5) is 4.39. The van der Waals surface area contributed by atoms with Crippen molar-refractivity contribution in [3.05, 3.63) is 42.1 Å². The number of rotatable bonds is 8. The Balaban J connectivity index is 2.15. The summed E-state index contributed by atoms with van der Waals surface area (Å²) in [7, 11) is 0. The molecule has 3 heteroatoms. The van der Waals surface area contributed by atoms with Gasteiger partial charge in [0.2, 0.25) is 0 Å². The normalized spacial score (nSPS) is 12.7. The highest BCUT2D eigenvalue weighted by Crippen LogP contribution is 2.22. The van der Waals surface area contributed by atoms with Gasteiger partial charge in [-0.1, -0.05) is 26.0 Å². The monoisotopic (exact) mass is 288 g/mol. The fourth-order valence-corrected chi connectivity index (χ4v) is 3.25. The van der Waals surface area contributed by atoms with E-state index >= 15 is 0 Å². The summed E-state index contributed by atoms with van der Waals surface area (Å²) in [6.07, 6.45) is 4.27. The molecule has 1 atom stereocenters. The van der Waals surface area contributed by atoms with Crippen molar-refractivity contribution in [1.82, 2.24) is 10.3 Å². The Labute approximate surface area is 126 Å². The average molecular weight is 288 g/mol. The van der Waals surface area contributed by atoms with E-state index in [1.54, 1.807) is 0 Å². The minimum atomic E-state index is 0.441. The zero-order valence-electron chi connectivity index (χ0n) is 12.4. The molecule has 0 aliphatic rings. The van der Waals surface area contributed by atoms with Gasteiger partial charge in [0.05, 0.1) is 5.52 Å². The van der Waals surface area contributed by atoms with Gasteiger partial charge in [0.15, 0.2) is 0 Å². The lowest BCUT2D eigenvalue weighted by Crippen LogP contribution is -2.24. The summed E-state index contributed by atoms with van der Waals surface area (Å²) in [6.45, 7) is 5.53. The molecule has 1 aromatic heterocycles. The van der Waals surface area contributed by atoms with Crippen molar-refractivity contribution in [2.75, 3.05) is 18.1 Å². The number of thioether (sulfide) groups is 1. The van der Waals surface area contributed by atoms with Crippen LogP contribution in [0.2, 0.25) is 0 Å². The molecular weight excluding hydrogens is 264 g/mol. The molecule has 0 aliphatic heterocycles. The lowest BCUT2D eigenvalue weighted by atomic mass is 10.1. The van der Waals surface area contributed by atoms with Gasteiger partial charge in [-0.15, -0.1) is 0 Å². The Bertz CT molecular complexity index is 527. The minimum absolute atomic E-state index is 0.441. The van der Waals surface area contributed by atoms with Crippen molar-refractivity contribution >= 4 is 22.7 Å². The smallest absolute Gasteiger partial charge is 0.0702 e. The van der Waals surface area contributed by atoms with Crippen LogP contribution < -0.4 is 5.32 Å². The van der Waals surface area contributed by atoms with E-state index in [9.17, 15) is 0 Å². The summed E-state index contributed by atoms with van der Waals surface area (Å²) >= 11 is 2.03. The van der Waals surface area contributed by atoms with Gasteiger partial charge in [0.25, 0.3) is 0 Å². The van der Waals surface area contributed by atoms with Crippen molar-refractivity contribution in [3.8, 4) is 0 Å². The van der Waals surface area contributed by atoms with E-state index in [2.05, 4.69) is 48.4 Å². The molecule has 1 unspecified atom stereocenters. The molecule has 2 aromatic rings. The van der Waals surface area contributed by atoms with Crippen molar-refractivity contribution < 1.29 is 0 Å². The predicted molar refractivity (Wildman–Crippen MR) is 90.4 cm³/mol. The van der Waals surface area contributed by atoms with Crippen LogP contribution in [-0.4, -0.2) is 23.0 Å². The SMILES string of the molecule is CCCNC(CSCCC)c1ccc2ncccc2c1. The fourth-order valence-electron chi connectivity index (χ4n) is 2.25. The molecule has 20 heavy (non-hydrogen) atoms. The molecule has 2 rings (SSSR count). The third kappa shape index (κ3) is 4.22. The molecule has 1 aromatic carbocycles. The van der Waals surface area contributed by atoms with Gasteiger partial charge in [0, 0.05) is 23.4 Å². The molecule has 0 amide bonds. The fraction of sp³-hybridized carbons (Fsp3) is 0.471. The van der Waals surface area contributed by atoms with Crippen LogP contribution in [0.4, 0.5) is 0 Å². The molecule has 0 fully saturated rings. The second-order valence-electron chi connectivity index (χ2n) is 5.04. The van der Waals surface area contributed by atoms with Gasteiger partial charge in [0.1, 0.15) is 0 Å². The van der Waals surface area contributed by atoms with E-state index in [0.717, 1.165) is 17.8 Å². The van der Waals surface area contributed by atoms with Crippen LogP contribution in [0.15, 0.2) is 36.5 Å². The maximum absolute atomic E-state index is 4.39. The number of pyridine rings is 1. The van der Waals surface area contributed by atoms with Crippen LogP contribution >= 0.6 is 11.8 Å². The molecule has 0 bridgehead atoms. The number of hydrogen-bond acceptors (Lipinski definition) is 3. The molecular formula is C17H24N2S. The number of hydrogen-bond donors (Lipinski definition) is 1. The van der Waals surface area contributed by atoms with Crippen LogP contribution in [0.25, 0.3) is 10.9 Å². The van der Waals surface area contributed by atoms with Crippen molar-refractivity contribution in [2.45, 2.75) is 32.7 Å². The van der Waals surface area contributed by atoms with Crippen LogP contribution in [0.3, 0.4) is 0 Å². The molecule has 0 saturated carbocycles. The number of nitrogens with zero attached hydrogens (tertiary/aromatic N) is 1. The van der Waals surface area contributed by atoms with Crippen LogP contribution in [0, 0.1) is 0 Å². The Hall–Kier alpha value is -1.06. The minimum Gasteiger partial charge on any atom is -0.309 e. The Morgan fingerprint density at radius 1 is 1.20 bits per heavy atom. The number of fused-ring (bicyclic) bond motifs is 1. The molecule has 108 valence electrons. The second-order valence-corrected chi connectivity index (χ2v) is 6.19. The molecule has 2 nitrogen and oxygen atoms in total. The quantitative estimate of drug-likeness (QED) is 0.728. The average Bonchev–Trinajstić information content (AvgIpc) is 2.50. The van der Waals surface area contributed by atoms with Crippen LogP contribution in [0.1, 0.15) is 38.3 Å². The van der Waals surface area contributed by atoms with E-state index in [0.29, 0.717) is 6.04 Å². The molecule has 1 heterocycles. The predicted octanol–water partition coefficient (Wildman–Crippen LogP) is 4.42. The molecule has 0 saturated heterocycles. The summed E-state index contributed by atoms with van der Waals surface area (Å²) in [5.41, 5.74) is 2.45. The highest BCUT2D eigenvalue weighted by molar-refractivity contribution is 7.99. The summed E-state index contributed by atoms with van der Waals surface area (Å²) < 4.78 is 0. The number of aromatic nitrogens is 1.